The zero-order valence-corrected chi connectivity index (χ0v) is 13.7. The van der Waals surface area contributed by atoms with Crippen LogP contribution in [-0.4, -0.2) is 33.5 Å². The van der Waals surface area contributed by atoms with Gasteiger partial charge in [0.1, 0.15) is 9.84 Å². The first-order chi connectivity index (χ1) is 9.37. The molecule has 1 aromatic rings. The lowest BCUT2D eigenvalue weighted by atomic mass is 9.85. The molecule has 0 bridgehead atoms. The van der Waals surface area contributed by atoms with E-state index in [2.05, 4.69) is 5.32 Å². The number of hydrogen-bond donors (Lipinski definition) is 1. The Labute approximate surface area is 130 Å². The normalized spacial score (nSPS) is 24.4. The summed E-state index contributed by atoms with van der Waals surface area (Å²) in [5.41, 5.74) is 1.06. The zero-order chi connectivity index (χ0) is 14.8. The van der Waals surface area contributed by atoms with E-state index in [1.54, 1.807) is 6.07 Å². The highest BCUT2D eigenvalue weighted by Gasteiger charge is 2.28. The van der Waals surface area contributed by atoms with Gasteiger partial charge in [-0.15, -0.1) is 0 Å². The molecule has 1 N–H and O–H groups in total. The van der Waals surface area contributed by atoms with Gasteiger partial charge in [-0.2, -0.15) is 0 Å². The highest BCUT2D eigenvalue weighted by atomic mass is 35.5. The predicted octanol–water partition coefficient (Wildman–Crippen LogP) is 3.12. The molecule has 1 aromatic carbocycles. The highest BCUT2D eigenvalue weighted by Crippen LogP contribution is 2.33. The molecule has 2 atom stereocenters. The third-order valence-corrected chi connectivity index (χ3v) is 5.52. The second-order valence-electron chi connectivity index (χ2n) is 5.48. The standard InChI is InChI=1S/C14H19Cl2NO2S/c1-20(18,19)9-11-3-2-6-17-8-12(11)10-4-5-13(15)14(16)7-10/h4-5,7,11-12,17H,2-3,6,8-9H2,1H3/t11?,12-/m0/s1. The van der Waals surface area contributed by atoms with Crippen molar-refractivity contribution in [3.8, 4) is 0 Å². The molecule has 1 fully saturated rings. The van der Waals surface area contributed by atoms with Gasteiger partial charge in [0, 0.05) is 18.7 Å². The lowest BCUT2D eigenvalue weighted by molar-refractivity contribution is 0.446. The number of benzene rings is 1. The second kappa shape index (κ2) is 6.65. The molecule has 1 aliphatic rings. The number of sulfone groups is 1. The van der Waals surface area contributed by atoms with Crippen LogP contribution in [0.2, 0.25) is 10.0 Å². The Morgan fingerprint density at radius 3 is 2.70 bits per heavy atom. The van der Waals surface area contributed by atoms with Crippen molar-refractivity contribution in [1.29, 1.82) is 0 Å². The third-order valence-electron chi connectivity index (χ3n) is 3.75. The summed E-state index contributed by atoms with van der Waals surface area (Å²) in [6, 6.07) is 5.58. The second-order valence-corrected chi connectivity index (χ2v) is 8.48. The zero-order valence-electron chi connectivity index (χ0n) is 11.4. The van der Waals surface area contributed by atoms with Crippen molar-refractivity contribution in [3.63, 3.8) is 0 Å². The summed E-state index contributed by atoms with van der Waals surface area (Å²) in [6.45, 7) is 1.70. The molecular formula is C14H19Cl2NO2S. The van der Waals surface area contributed by atoms with E-state index in [-0.39, 0.29) is 17.6 Å². The fourth-order valence-corrected chi connectivity index (χ4v) is 4.32. The smallest absolute Gasteiger partial charge is 0.147 e. The van der Waals surface area contributed by atoms with E-state index in [9.17, 15) is 8.42 Å². The number of rotatable bonds is 3. The van der Waals surface area contributed by atoms with E-state index < -0.39 is 9.84 Å². The van der Waals surface area contributed by atoms with Crippen molar-refractivity contribution in [2.24, 2.45) is 5.92 Å². The van der Waals surface area contributed by atoms with E-state index in [0.29, 0.717) is 10.0 Å². The van der Waals surface area contributed by atoms with Crippen LogP contribution in [0.3, 0.4) is 0 Å². The summed E-state index contributed by atoms with van der Waals surface area (Å²) < 4.78 is 23.3. The molecule has 0 aromatic heterocycles. The molecule has 0 aliphatic carbocycles. The maximum atomic E-state index is 11.6. The van der Waals surface area contributed by atoms with Gasteiger partial charge in [-0.05, 0) is 43.0 Å². The molecule has 0 saturated carbocycles. The number of halogens is 2. The molecule has 2 rings (SSSR count). The quantitative estimate of drug-likeness (QED) is 0.922. The Hall–Kier alpha value is -0.290. The summed E-state index contributed by atoms with van der Waals surface area (Å²) in [5, 5.41) is 4.42. The topological polar surface area (TPSA) is 46.2 Å². The van der Waals surface area contributed by atoms with Crippen molar-refractivity contribution in [3.05, 3.63) is 33.8 Å². The molecular weight excluding hydrogens is 317 g/mol. The first-order valence-electron chi connectivity index (χ1n) is 6.70. The van der Waals surface area contributed by atoms with Gasteiger partial charge in [-0.25, -0.2) is 8.42 Å². The minimum absolute atomic E-state index is 0.122. The van der Waals surface area contributed by atoms with E-state index >= 15 is 0 Å². The van der Waals surface area contributed by atoms with Gasteiger partial charge in [0.15, 0.2) is 0 Å². The van der Waals surface area contributed by atoms with Crippen LogP contribution in [0.15, 0.2) is 18.2 Å². The molecule has 1 aliphatic heterocycles. The maximum absolute atomic E-state index is 11.6. The van der Waals surface area contributed by atoms with E-state index in [0.717, 1.165) is 31.5 Å². The summed E-state index contributed by atoms with van der Waals surface area (Å²) >= 11 is 12.0. The Bertz CT molecular complexity index is 575. The number of nitrogens with one attached hydrogen (secondary N) is 1. The van der Waals surface area contributed by atoms with Crippen LogP contribution in [-0.2, 0) is 9.84 Å². The van der Waals surface area contributed by atoms with Gasteiger partial charge in [0.2, 0.25) is 0 Å². The largest absolute Gasteiger partial charge is 0.316 e. The Kier molecular flexibility index (Phi) is 5.35. The van der Waals surface area contributed by atoms with Crippen LogP contribution in [0.1, 0.15) is 24.3 Å². The maximum Gasteiger partial charge on any atom is 0.147 e. The summed E-state index contributed by atoms with van der Waals surface area (Å²) in [4.78, 5) is 0. The summed E-state index contributed by atoms with van der Waals surface area (Å²) in [6.07, 6.45) is 3.21. The van der Waals surface area contributed by atoms with Crippen molar-refractivity contribution in [2.45, 2.75) is 18.8 Å². The average Bonchev–Trinajstić information content (AvgIpc) is 2.56. The SMILES string of the molecule is CS(=O)(=O)CC1CCCNC[C@H]1c1ccc(Cl)c(Cl)c1. The van der Waals surface area contributed by atoms with Crippen molar-refractivity contribution in [1.82, 2.24) is 5.32 Å². The van der Waals surface area contributed by atoms with Crippen molar-refractivity contribution >= 4 is 33.0 Å². The van der Waals surface area contributed by atoms with Crippen LogP contribution < -0.4 is 5.32 Å². The Morgan fingerprint density at radius 1 is 1.30 bits per heavy atom. The first-order valence-corrected chi connectivity index (χ1v) is 9.52. The summed E-state index contributed by atoms with van der Waals surface area (Å²) in [7, 11) is -2.99. The van der Waals surface area contributed by atoms with E-state index in [1.807, 2.05) is 12.1 Å². The van der Waals surface area contributed by atoms with Gasteiger partial charge >= 0.3 is 0 Å². The summed E-state index contributed by atoms with van der Waals surface area (Å²) in [5.74, 6) is 0.499. The molecule has 0 radical (unpaired) electrons. The molecule has 0 amide bonds. The van der Waals surface area contributed by atoms with Crippen molar-refractivity contribution in [2.75, 3.05) is 25.1 Å². The fraction of sp³-hybridized carbons (Fsp3) is 0.571. The third kappa shape index (κ3) is 4.35. The van der Waals surface area contributed by atoms with E-state index in [4.69, 9.17) is 23.2 Å². The molecule has 0 spiro atoms. The molecule has 20 heavy (non-hydrogen) atoms. The van der Waals surface area contributed by atoms with Gasteiger partial charge in [-0.1, -0.05) is 29.3 Å². The predicted molar refractivity (Wildman–Crippen MR) is 84.5 cm³/mol. The van der Waals surface area contributed by atoms with Crippen LogP contribution in [0.25, 0.3) is 0 Å². The number of hydrogen-bond acceptors (Lipinski definition) is 3. The van der Waals surface area contributed by atoms with E-state index in [1.165, 1.54) is 6.26 Å². The van der Waals surface area contributed by atoms with Crippen LogP contribution >= 0.6 is 23.2 Å². The first kappa shape index (κ1) is 16.1. The Morgan fingerprint density at radius 2 is 2.05 bits per heavy atom. The Balaban J connectivity index is 2.29. The van der Waals surface area contributed by atoms with Gasteiger partial charge in [-0.3, -0.25) is 0 Å². The monoisotopic (exact) mass is 335 g/mol. The lowest BCUT2D eigenvalue weighted by Gasteiger charge is -2.25. The van der Waals surface area contributed by atoms with Gasteiger partial charge in [0.25, 0.3) is 0 Å². The van der Waals surface area contributed by atoms with Crippen LogP contribution in [0, 0.1) is 5.92 Å². The molecule has 1 saturated heterocycles. The molecule has 1 unspecified atom stereocenters. The average molecular weight is 336 g/mol. The fourth-order valence-electron chi connectivity index (χ4n) is 2.84. The van der Waals surface area contributed by atoms with Crippen LogP contribution in [0.5, 0.6) is 0 Å². The molecule has 112 valence electrons. The molecule has 1 heterocycles. The van der Waals surface area contributed by atoms with Crippen molar-refractivity contribution < 1.29 is 8.42 Å². The minimum Gasteiger partial charge on any atom is -0.316 e. The molecule has 6 heteroatoms. The molecule has 3 nitrogen and oxygen atoms in total. The lowest BCUT2D eigenvalue weighted by Crippen LogP contribution is -2.27. The van der Waals surface area contributed by atoms with Crippen LogP contribution in [0.4, 0.5) is 0 Å². The van der Waals surface area contributed by atoms with Gasteiger partial charge in [0.05, 0.1) is 15.8 Å². The highest BCUT2D eigenvalue weighted by molar-refractivity contribution is 7.90. The minimum atomic E-state index is -2.99. The van der Waals surface area contributed by atoms with Gasteiger partial charge < -0.3 is 5.32 Å².